The van der Waals surface area contributed by atoms with Gasteiger partial charge >= 0.3 is 0 Å². The van der Waals surface area contributed by atoms with Crippen LogP contribution in [0.2, 0.25) is 0 Å². The fraction of sp³-hybridized carbons (Fsp3) is 0.257. The normalized spacial score (nSPS) is 11.5. The smallest absolute Gasteiger partial charge is 0.254 e. The number of rotatable bonds is 12. The Morgan fingerprint density at radius 2 is 1.49 bits per heavy atom. The second kappa shape index (κ2) is 14.3. The van der Waals surface area contributed by atoms with E-state index in [1.807, 2.05) is 85.5 Å². The molecule has 4 aromatic carbocycles. The molecule has 41 heavy (non-hydrogen) atoms. The van der Waals surface area contributed by atoms with Gasteiger partial charge in [-0.25, -0.2) is 4.39 Å². The molecule has 4 aromatic rings. The Bertz CT molecular complexity index is 1470. The van der Waals surface area contributed by atoms with Crippen LogP contribution < -0.4 is 10.1 Å². The number of hydrogen-bond donors (Lipinski definition) is 1. The number of amides is 2. The molecule has 0 saturated heterocycles. The average Bonchev–Trinajstić information content (AvgIpc) is 2.99. The number of carbonyl (C=O) groups is 2. The van der Waals surface area contributed by atoms with Crippen LogP contribution in [0.5, 0.6) is 5.75 Å². The third-order valence-corrected chi connectivity index (χ3v) is 7.00. The average molecular weight is 553 g/mol. The van der Waals surface area contributed by atoms with Crippen LogP contribution >= 0.6 is 0 Å². The van der Waals surface area contributed by atoms with Crippen molar-refractivity contribution >= 4 is 11.8 Å². The number of ether oxygens (including phenoxy) is 1. The lowest BCUT2D eigenvalue weighted by molar-refractivity contribution is 0.0757. The summed E-state index contributed by atoms with van der Waals surface area (Å²) >= 11 is 0. The second-order valence-electron chi connectivity index (χ2n) is 9.96. The molecule has 1 N–H and O–H groups in total. The van der Waals surface area contributed by atoms with Gasteiger partial charge in [0.2, 0.25) is 0 Å². The summed E-state index contributed by atoms with van der Waals surface area (Å²) in [4.78, 5) is 29.3. The second-order valence-corrected chi connectivity index (χ2v) is 9.96. The van der Waals surface area contributed by atoms with Gasteiger partial charge in [-0.15, -0.1) is 0 Å². The van der Waals surface area contributed by atoms with E-state index in [1.54, 1.807) is 18.2 Å². The van der Waals surface area contributed by atoms with E-state index < -0.39 is 0 Å². The van der Waals surface area contributed by atoms with Crippen LogP contribution in [-0.2, 0) is 6.42 Å². The maximum atomic E-state index is 14.0. The van der Waals surface area contributed by atoms with Crippen LogP contribution in [0.3, 0.4) is 0 Å². The number of nitrogens with zero attached hydrogens (tertiary/aromatic N) is 1. The van der Waals surface area contributed by atoms with Crippen LogP contribution in [0.15, 0.2) is 97.1 Å². The highest BCUT2D eigenvalue weighted by molar-refractivity contribution is 6.06. The lowest BCUT2D eigenvalue weighted by atomic mass is 9.94. The van der Waals surface area contributed by atoms with Gasteiger partial charge in [-0.3, -0.25) is 9.59 Å². The fourth-order valence-electron chi connectivity index (χ4n) is 4.91. The van der Waals surface area contributed by atoms with Crippen LogP contribution in [0, 0.1) is 5.82 Å². The number of benzene rings is 4. The molecule has 1 unspecified atom stereocenters. The molecular formula is C35H37FN2O3. The molecule has 0 aromatic heterocycles. The summed E-state index contributed by atoms with van der Waals surface area (Å²) in [6, 6.07) is 28.5. The van der Waals surface area contributed by atoms with E-state index in [4.69, 9.17) is 4.74 Å². The third kappa shape index (κ3) is 7.60. The lowest BCUT2D eigenvalue weighted by Gasteiger charge is -2.24. The Kier molecular flexibility index (Phi) is 10.3. The third-order valence-electron chi connectivity index (χ3n) is 7.00. The van der Waals surface area contributed by atoms with Crippen molar-refractivity contribution in [1.29, 1.82) is 0 Å². The zero-order valence-electron chi connectivity index (χ0n) is 23.9. The lowest BCUT2D eigenvalue weighted by Crippen LogP contribution is -2.34. The van der Waals surface area contributed by atoms with Crippen molar-refractivity contribution in [3.63, 3.8) is 0 Å². The minimum Gasteiger partial charge on any atom is -0.494 e. The summed E-state index contributed by atoms with van der Waals surface area (Å²) in [5.41, 5.74) is 4.32. The van der Waals surface area contributed by atoms with E-state index >= 15 is 0 Å². The fourth-order valence-corrected chi connectivity index (χ4v) is 4.91. The molecule has 1 atom stereocenters. The van der Waals surface area contributed by atoms with Gasteiger partial charge in [0.1, 0.15) is 11.6 Å². The first kappa shape index (κ1) is 29.5. The number of halogens is 1. The SMILES string of the molecule is CCCN(CCc1cccc(OCC)c1)C(=O)c1ccccc1-c1ccccc1C(=O)NC(C)c1ccc(F)cc1. The zero-order chi connectivity index (χ0) is 29.2. The summed E-state index contributed by atoms with van der Waals surface area (Å²) in [6.07, 6.45) is 1.53. The van der Waals surface area contributed by atoms with Crippen LogP contribution in [-0.4, -0.2) is 36.4 Å². The topological polar surface area (TPSA) is 58.6 Å². The minimum absolute atomic E-state index is 0.0710. The van der Waals surface area contributed by atoms with Crippen molar-refractivity contribution in [3.8, 4) is 16.9 Å². The van der Waals surface area contributed by atoms with Crippen molar-refractivity contribution in [2.75, 3.05) is 19.7 Å². The first-order chi connectivity index (χ1) is 19.9. The molecule has 0 aliphatic rings. The number of nitrogens with one attached hydrogen (secondary N) is 1. The summed E-state index contributed by atoms with van der Waals surface area (Å²) in [5, 5.41) is 3.02. The highest BCUT2D eigenvalue weighted by Gasteiger charge is 2.22. The van der Waals surface area contributed by atoms with Gasteiger partial charge in [0, 0.05) is 24.2 Å². The molecular weight excluding hydrogens is 515 g/mol. The molecule has 0 heterocycles. The quantitative estimate of drug-likeness (QED) is 0.198. The standard InChI is InChI=1S/C35H37FN2O3/c1-4-22-38(23-21-26-11-10-12-29(24-26)41-5-2)35(40)33-16-9-7-14-31(33)30-13-6-8-15-32(30)34(39)37-25(3)27-17-19-28(36)20-18-27/h6-20,24-25H,4-5,21-23H2,1-3H3,(H,37,39). The van der Waals surface area contributed by atoms with Crippen molar-refractivity contribution in [2.24, 2.45) is 0 Å². The van der Waals surface area contributed by atoms with Crippen molar-refractivity contribution in [2.45, 2.75) is 39.7 Å². The van der Waals surface area contributed by atoms with E-state index in [0.717, 1.165) is 23.3 Å². The predicted octanol–water partition coefficient (Wildman–Crippen LogP) is 7.48. The minimum atomic E-state index is -0.325. The van der Waals surface area contributed by atoms with E-state index in [0.29, 0.717) is 48.4 Å². The molecule has 0 aliphatic carbocycles. The highest BCUT2D eigenvalue weighted by atomic mass is 19.1. The Morgan fingerprint density at radius 1 is 0.829 bits per heavy atom. The molecule has 5 nitrogen and oxygen atoms in total. The predicted molar refractivity (Wildman–Crippen MR) is 162 cm³/mol. The first-order valence-electron chi connectivity index (χ1n) is 14.2. The summed E-state index contributed by atoms with van der Waals surface area (Å²) in [5.74, 6) is 0.167. The molecule has 0 fully saturated rings. The molecule has 0 aliphatic heterocycles. The van der Waals surface area contributed by atoms with E-state index in [2.05, 4.69) is 12.2 Å². The number of hydrogen-bond acceptors (Lipinski definition) is 3. The summed E-state index contributed by atoms with van der Waals surface area (Å²) in [7, 11) is 0. The van der Waals surface area contributed by atoms with Gasteiger partial charge in [-0.1, -0.05) is 67.6 Å². The molecule has 0 bridgehead atoms. The van der Waals surface area contributed by atoms with Crippen molar-refractivity contribution in [1.82, 2.24) is 10.2 Å². The molecule has 6 heteroatoms. The Labute approximate surface area is 242 Å². The Hall–Kier alpha value is -4.45. The van der Waals surface area contributed by atoms with Gasteiger partial charge < -0.3 is 15.0 Å². The highest BCUT2D eigenvalue weighted by Crippen LogP contribution is 2.29. The number of carbonyl (C=O) groups excluding carboxylic acids is 2. The molecule has 0 saturated carbocycles. The van der Waals surface area contributed by atoms with Crippen LogP contribution in [0.4, 0.5) is 4.39 Å². The van der Waals surface area contributed by atoms with E-state index in [1.165, 1.54) is 12.1 Å². The van der Waals surface area contributed by atoms with Gasteiger partial charge in [-0.05, 0) is 85.3 Å². The van der Waals surface area contributed by atoms with Crippen LogP contribution in [0.25, 0.3) is 11.1 Å². The Balaban J connectivity index is 1.58. The van der Waals surface area contributed by atoms with Gasteiger partial charge in [-0.2, -0.15) is 0 Å². The van der Waals surface area contributed by atoms with E-state index in [9.17, 15) is 14.0 Å². The van der Waals surface area contributed by atoms with Gasteiger partial charge in [0.15, 0.2) is 0 Å². The molecule has 4 rings (SSSR count). The zero-order valence-corrected chi connectivity index (χ0v) is 23.9. The van der Waals surface area contributed by atoms with Crippen molar-refractivity contribution in [3.05, 3.63) is 125 Å². The largest absolute Gasteiger partial charge is 0.494 e. The first-order valence-corrected chi connectivity index (χ1v) is 14.2. The molecule has 0 spiro atoms. The summed E-state index contributed by atoms with van der Waals surface area (Å²) < 4.78 is 19.0. The van der Waals surface area contributed by atoms with Gasteiger partial charge in [0.05, 0.1) is 12.6 Å². The molecule has 2 amide bonds. The maximum Gasteiger partial charge on any atom is 0.254 e. The maximum absolute atomic E-state index is 14.0. The molecule has 212 valence electrons. The summed E-state index contributed by atoms with van der Waals surface area (Å²) in [6.45, 7) is 7.66. The van der Waals surface area contributed by atoms with Crippen molar-refractivity contribution < 1.29 is 18.7 Å². The Morgan fingerprint density at radius 3 is 2.17 bits per heavy atom. The van der Waals surface area contributed by atoms with Crippen LogP contribution in [0.1, 0.15) is 65.1 Å². The van der Waals surface area contributed by atoms with Gasteiger partial charge in [0.25, 0.3) is 11.8 Å². The van der Waals surface area contributed by atoms with E-state index in [-0.39, 0.29) is 23.7 Å². The monoisotopic (exact) mass is 552 g/mol. The molecule has 0 radical (unpaired) electrons.